The van der Waals surface area contributed by atoms with Gasteiger partial charge in [0.2, 0.25) is 5.65 Å². The number of benzene rings is 3. The maximum Gasteiger partial charge on any atom is 0.254 e. The number of piperazine rings is 1. The molecule has 0 unspecified atom stereocenters. The second-order valence-corrected chi connectivity index (χ2v) is 9.33. The predicted molar refractivity (Wildman–Crippen MR) is 142 cm³/mol. The van der Waals surface area contributed by atoms with Crippen LogP contribution in [0.25, 0.3) is 16.7 Å². The molecular weight excluding hydrogens is 474 g/mol. The highest BCUT2D eigenvalue weighted by Crippen LogP contribution is 2.27. The van der Waals surface area contributed by atoms with Crippen molar-refractivity contribution >= 4 is 51.4 Å². The van der Waals surface area contributed by atoms with Gasteiger partial charge in [0.25, 0.3) is 5.91 Å². The molecule has 8 nitrogen and oxygen atoms in total. The number of hydrogen-bond acceptors (Lipinski definition) is 6. The summed E-state index contributed by atoms with van der Waals surface area (Å²) in [5.41, 5.74) is 6.09. The Morgan fingerprint density at radius 3 is 2.67 bits per heavy atom. The van der Waals surface area contributed by atoms with E-state index in [1.165, 1.54) is 5.56 Å². The van der Waals surface area contributed by atoms with Crippen molar-refractivity contribution in [2.75, 3.05) is 36.4 Å². The number of para-hydroxylation sites is 2. The number of aryl methyl sites for hydroxylation is 1. The first kappa shape index (κ1) is 22.3. The SMILES string of the molecule is Cc1ccc(Cl)cc1N1CCN(C(=O)c2cccc(Nc3nc4ccccc4n4cnnc34)c2)CC1. The van der Waals surface area contributed by atoms with E-state index in [1.54, 1.807) is 6.33 Å². The highest BCUT2D eigenvalue weighted by atomic mass is 35.5. The van der Waals surface area contributed by atoms with Crippen molar-refractivity contribution in [3.05, 3.63) is 89.2 Å². The van der Waals surface area contributed by atoms with E-state index in [0.717, 1.165) is 40.5 Å². The van der Waals surface area contributed by atoms with Crippen LogP contribution in [-0.2, 0) is 0 Å². The van der Waals surface area contributed by atoms with Crippen LogP contribution >= 0.6 is 11.6 Å². The Bertz CT molecular complexity index is 1590. The zero-order valence-corrected chi connectivity index (χ0v) is 20.5. The summed E-state index contributed by atoms with van der Waals surface area (Å²) < 4.78 is 1.90. The Morgan fingerprint density at radius 1 is 0.972 bits per heavy atom. The molecule has 1 aliphatic rings. The zero-order chi connectivity index (χ0) is 24.6. The van der Waals surface area contributed by atoms with Gasteiger partial charge in [-0.3, -0.25) is 9.20 Å². The Hall–Kier alpha value is -4.17. The minimum absolute atomic E-state index is 0.0141. The average molecular weight is 498 g/mol. The van der Waals surface area contributed by atoms with E-state index in [0.29, 0.717) is 30.1 Å². The van der Waals surface area contributed by atoms with Crippen LogP contribution in [0, 0.1) is 6.92 Å². The van der Waals surface area contributed by atoms with Crippen LogP contribution in [0.4, 0.5) is 17.2 Å². The molecule has 3 heterocycles. The average Bonchev–Trinajstić information content (AvgIpc) is 3.41. The third kappa shape index (κ3) is 4.09. The van der Waals surface area contributed by atoms with Crippen LogP contribution in [-0.4, -0.2) is 56.6 Å². The summed E-state index contributed by atoms with van der Waals surface area (Å²) in [7, 11) is 0. The van der Waals surface area contributed by atoms with E-state index in [-0.39, 0.29) is 5.91 Å². The van der Waals surface area contributed by atoms with Gasteiger partial charge >= 0.3 is 0 Å². The molecule has 0 atom stereocenters. The smallest absolute Gasteiger partial charge is 0.254 e. The topological polar surface area (TPSA) is 78.7 Å². The quantitative estimate of drug-likeness (QED) is 0.378. The minimum Gasteiger partial charge on any atom is -0.368 e. The molecule has 0 spiro atoms. The van der Waals surface area contributed by atoms with Crippen molar-refractivity contribution in [1.82, 2.24) is 24.5 Å². The van der Waals surface area contributed by atoms with Gasteiger partial charge in [0.1, 0.15) is 6.33 Å². The molecule has 9 heteroatoms. The number of halogens is 1. The summed E-state index contributed by atoms with van der Waals surface area (Å²) in [5.74, 6) is 0.599. The monoisotopic (exact) mass is 497 g/mol. The molecule has 5 aromatic rings. The summed E-state index contributed by atoms with van der Waals surface area (Å²) in [6.45, 7) is 4.90. The van der Waals surface area contributed by atoms with Gasteiger partial charge in [-0.15, -0.1) is 10.2 Å². The standard InChI is InChI=1S/C27H24ClN7O/c1-18-9-10-20(28)16-24(18)33-11-13-34(14-12-33)27(36)19-5-4-6-21(15-19)30-25-26-32-29-17-35(26)23-8-3-2-7-22(23)31-25/h2-10,15-17H,11-14H2,1H3,(H,30,31). The van der Waals surface area contributed by atoms with Crippen LogP contribution in [0.1, 0.15) is 15.9 Å². The molecule has 6 rings (SSSR count). The molecule has 1 fully saturated rings. The highest BCUT2D eigenvalue weighted by Gasteiger charge is 2.23. The maximum atomic E-state index is 13.3. The summed E-state index contributed by atoms with van der Waals surface area (Å²) in [6, 6.07) is 21.3. The fourth-order valence-corrected chi connectivity index (χ4v) is 4.88. The Balaban J connectivity index is 1.20. The second-order valence-electron chi connectivity index (χ2n) is 8.89. The van der Waals surface area contributed by atoms with E-state index >= 15 is 0 Å². The lowest BCUT2D eigenvalue weighted by Crippen LogP contribution is -2.49. The van der Waals surface area contributed by atoms with Crippen molar-refractivity contribution in [3.8, 4) is 0 Å². The number of nitrogens with one attached hydrogen (secondary N) is 1. The summed E-state index contributed by atoms with van der Waals surface area (Å²) in [5, 5.41) is 12.4. The van der Waals surface area contributed by atoms with E-state index in [4.69, 9.17) is 16.6 Å². The van der Waals surface area contributed by atoms with Crippen LogP contribution < -0.4 is 10.2 Å². The molecule has 1 N–H and O–H groups in total. The normalized spacial score (nSPS) is 13.9. The number of aromatic nitrogens is 4. The van der Waals surface area contributed by atoms with Gasteiger partial charge in [-0.25, -0.2) is 4.98 Å². The van der Waals surface area contributed by atoms with E-state index in [9.17, 15) is 4.79 Å². The molecule has 1 aliphatic heterocycles. The molecule has 0 saturated carbocycles. The van der Waals surface area contributed by atoms with Crippen molar-refractivity contribution < 1.29 is 4.79 Å². The van der Waals surface area contributed by atoms with Crippen molar-refractivity contribution in [1.29, 1.82) is 0 Å². The first-order chi connectivity index (χ1) is 17.6. The van der Waals surface area contributed by atoms with Crippen LogP contribution in [0.3, 0.4) is 0 Å². The van der Waals surface area contributed by atoms with Gasteiger partial charge in [-0.2, -0.15) is 0 Å². The minimum atomic E-state index is 0.0141. The van der Waals surface area contributed by atoms with E-state index in [1.807, 2.05) is 76.0 Å². The Morgan fingerprint density at radius 2 is 1.81 bits per heavy atom. The molecule has 1 amide bonds. The van der Waals surface area contributed by atoms with Crippen molar-refractivity contribution in [3.63, 3.8) is 0 Å². The molecule has 180 valence electrons. The van der Waals surface area contributed by atoms with Gasteiger partial charge in [0, 0.05) is 48.1 Å². The molecule has 1 saturated heterocycles. The maximum absolute atomic E-state index is 13.3. The molecule has 2 aromatic heterocycles. The summed E-state index contributed by atoms with van der Waals surface area (Å²) >= 11 is 6.21. The molecule has 0 aliphatic carbocycles. The van der Waals surface area contributed by atoms with Gasteiger partial charge in [-0.05, 0) is 55.0 Å². The highest BCUT2D eigenvalue weighted by molar-refractivity contribution is 6.30. The lowest BCUT2D eigenvalue weighted by molar-refractivity contribution is 0.0747. The van der Waals surface area contributed by atoms with Gasteiger partial charge < -0.3 is 15.1 Å². The number of hydrogen-bond donors (Lipinski definition) is 1. The summed E-state index contributed by atoms with van der Waals surface area (Å²) in [6.07, 6.45) is 1.68. The second kappa shape index (κ2) is 9.13. The number of rotatable bonds is 4. The van der Waals surface area contributed by atoms with Crippen molar-refractivity contribution in [2.24, 2.45) is 0 Å². The first-order valence-electron chi connectivity index (χ1n) is 11.8. The molecular formula is C27H24ClN7O. The molecule has 36 heavy (non-hydrogen) atoms. The lowest BCUT2D eigenvalue weighted by Gasteiger charge is -2.37. The number of carbonyl (C=O) groups is 1. The Kier molecular flexibility index (Phi) is 5.65. The van der Waals surface area contributed by atoms with Crippen LogP contribution in [0.2, 0.25) is 5.02 Å². The number of fused-ring (bicyclic) bond motifs is 3. The lowest BCUT2D eigenvalue weighted by atomic mass is 10.1. The fourth-order valence-electron chi connectivity index (χ4n) is 4.71. The third-order valence-corrected chi connectivity index (χ3v) is 6.82. The van der Waals surface area contributed by atoms with Crippen molar-refractivity contribution in [2.45, 2.75) is 6.92 Å². The Labute approximate surface area is 213 Å². The number of nitrogens with zero attached hydrogens (tertiary/aromatic N) is 6. The molecule has 3 aromatic carbocycles. The van der Waals surface area contributed by atoms with Gasteiger partial charge in [0.15, 0.2) is 5.82 Å². The van der Waals surface area contributed by atoms with Gasteiger partial charge in [0.05, 0.1) is 11.0 Å². The first-order valence-corrected chi connectivity index (χ1v) is 12.2. The van der Waals surface area contributed by atoms with Crippen LogP contribution in [0.15, 0.2) is 73.1 Å². The fraction of sp³-hybridized carbons (Fsp3) is 0.185. The summed E-state index contributed by atoms with van der Waals surface area (Å²) in [4.78, 5) is 22.3. The van der Waals surface area contributed by atoms with E-state index < -0.39 is 0 Å². The predicted octanol–water partition coefficient (Wildman–Crippen LogP) is 4.95. The number of amides is 1. The molecule has 0 bridgehead atoms. The molecule has 0 radical (unpaired) electrons. The zero-order valence-electron chi connectivity index (χ0n) is 19.7. The third-order valence-electron chi connectivity index (χ3n) is 6.58. The number of carbonyl (C=O) groups excluding carboxylic acids is 1. The van der Waals surface area contributed by atoms with Gasteiger partial charge in [-0.1, -0.05) is 35.9 Å². The number of anilines is 3. The largest absolute Gasteiger partial charge is 0.368 e. The van der Waals surface area contributed by atoms with Crippen LogP contribution in [0.5, 0.6) is 0 Å². The van der Waals surface area contributed by atoms with E-state index in [2.05, 4.69) is 27.3 Å².